The SMILES string of the molecule is Cn1ncc(-c2cccc(O)c2)n1. The number of aryl methyl sites for hydroxylation is 1. The Labute approximate surface area is 75.4 Å². The summed E-state index contributed by atoms with van der Waals surface area (Å²) >= 11 is 0. The molecule has 4 nitrogen and oxygen atoms in total. The van der Waals surface area contributed by atoms with E-state index in [-0.39, 0.29) is 5.75 Å². The standard InChI is InChI=1S/C9H9N3O/c1-12-10-6-9(11-12)7-3-2-4-8(13)5-7/h2-6,13H,1H3. The molecule has 4 heteroatoms. The van der Waals surface area contributed by atoms with Crippen LogP contribution >= 0.6 is 0 Å². The van der Waals surface area contributed by atoms with Crippen LogP contribution in [0.5, 0.6) is 5.75 Å². The fraction of sp³-hybridized carbons (Fsp3) is 0.111. The largest absolute Gasteiger partial charge is 0.508 e. The summed E-state index contributed by atoms with van der Waals surface area (Å²) in [5.74, 6) is 0.239. The van der Waals surface area contributed by atoms with Crippen molar-refractivity contribution in [1.29, 1.82) is 0 Å². The van der Waals surface area contributed by atoms with Gasteiger partial charge in [0.05, 0.1) is 6.20 Å². The van der Waals surface area contributed by atoms with Gasteiger partial charge in [-0.25, -0.2) is 0 Å². The fourth-order valence-corrected chi connectivity index (χ4v) is 1.14. The first kappa shape index (κ1) is 7.79. The normalized spacial score (nSPS) is 10.2. The molecule has 2 rings (SSSR count). The Morgan fingerprint density at radius 2 is 2.23 bits per heavy atom. The van der Waals surface area contributed by atoms with E-state index in [1.54, 1.807) is 31.4 Å². The van der Waals surface area contributed by atoms with Gasteiger partial charge in [0.1, 0.15) is 11.4 Å². The molecule has 0 aliphatic rings. The first-order valence-electron chi connectivity index (χ1n) is 3.91. The number of aromatic nitrogens is 3. The van der Waals surface area contributed by atoms with Gasteiger partial charge >= 0.3 is 0 Å². The van der Waals surface area contributed by atoms with Crippen LogP contribution in [-0.4, -0.2) is 20.1 Å². The number of benzene rings is 1. The third-order valence-corrected chi connectivity index (χ3v) is 1.74. The summed E-state index contributed by atoms with van der Waals surface area (Å²) in [4.78, 5) is 1.49. The zero-order chi connectivity index (χ0) is 9.26. The van der Waals surface area contributed by atoms with Gasteiger partial charge in [0.2, 0.25) is 0 Å². The number of hydrogen-bond donors (Lipinski definition) is 1. The Kier molecular flexibility index (Phi) is 1.73. The van der Waals surface area contributed by atoms with Crippen LogP contribution in [0.2, 0.25) is 0 Å². The van der Waals surface area contributed by atoms with Crippen molar-refractivity contribution >= 4 is 0 Å². The summed E-state index contributed by atoms with van der Waals surface area (Å²) in [6, 6.07) is 6.94. The number of nitrogens with zero attached hydrogens (tertiary/aromatic N) is 3. The fourth-order valence-electron chi connectivity index (χ4n) is 1.14. The predicted octanol–water partition coefficient (Wildman–Crippen LogP) is 1.19. The molecule has 0 aliphatic carbocycles. The van der Waals surface area contributed by atoms with E-state index in [2.05, 4.69) is 10.2 Å². The molecule has 0 radical (unpaired) electrons. The van der Waals surface area contributed by atoms with E-state index in [0.29, 0.717) is 0 Å². The summed E-state index contributed by atoms with van der Waals surface area (Å²) < 4.78 is 0. The molecule has 0 bridgehead atoms. The van der Waals surface area contributed by atoms with Crippen molar-refractivity contribution in [1.82, 2.24) is 15.0 Å². The van der Waals surface area contributed by atoms with Gasteiger partial charge < -0.3 is 5.11 Å². The lowest BCUT2D eigenvalue weighted by molar-refractivity contribution is 0.475. The van der Waals surface area contributed by atoms with Crippen LogP contribution in [0.25, 0.3) is 11.3 Å². The van der Waals surface area contributed by atoms with E-state index in [9.17, 15) is 5.11 Å². The van der Waals surface area contributed by atoms with Gasteiger partial charge in [-0.1, -0.05) is 12.1 Å². The number of aromatic hydroxyl groups is 1. The van der Waals surface area contributed by atoms with Crippen LogP contribution in [0.1, 0.15) is 0 Å². The smallest absolute Gasteiger partial charge is 0.116 e. The molecule has 0 spiro atoms. The quantitative estimate of drug-likeness (QED) is 0.708. The highest BCUT2D eigenvalue weighted by atomic mass is 16.3. The molecular weight excluding hydrogens is 166 g/mol. The lowest BCUT2D eigenvalue weighted by Gasteiger charge is -1.95. The molecule has 13 heavy (non-hydrogen) atoms. The minimum atomic E-state index is 0.239. The van der Waals surface area contributed by atoms with E-state index < -0.39 is 0 Å². The summed E-state index contributed by atoms with van der Waals surface area (Å²) in [5, 5.41) is 17.3. The van der Waals surface area contributed by atoms with Gasteiger partial charge in [-0.05, 0) is 12.1 Å². The number of phenols is 1. The lowest BCUT2D eigenvalue weighted by atomic mass is 10.2. The highest BCUT2D eigenvalue weighted by Crippen LogP contribution is 2.19. The molecular formula is C9H9N3O. The minimum Gasteiger partial charge on any atom is -0.508 e. The second kappa shape index (κ2) is 2.90. The number of hydrogen-bond acceptors (Lipinski definition) is 3. The van der Waals surface area contributed by atoms with Gasteiger partial charge in [0, 0.05) is 12.6 Å². The van der Waals surface area contributed by atoms with Crippen LogP contribution < -0.4 is 0 Å². The molecule has 1 aromatic carbocycles. The van der Waals surface area contributed by atoms with E-state index in [4.69, 9.17) is 0 Å². The molecule has 1 N–H and O–H groups in total. The molecule has 0 saturated carbocycles. The number of phenolic OH excluding ortho intramolecular Hbond substituents is 1. The van der Waals surface area contributed by atoms with Crippen LogP contribution in [0.3, 0.4) is 0 Å². The first-order valence-corrected chi connectivity index (χ1v) is 3.91. The Balaban J connectivity index is 2.46. The molecule has 66 valence electrons. The molecule has 0 fully saturated rings. The molecule has 1 aromatic heterocycles. The molecule has 1 heterocycles. The van der Waals surface area contributed by atoms with Gasteiger partial charge in [0.15, 0.2) is 0 Å². The number of rotatable bonds is 1. The zero-order valence-electron chi connectivity index (χ0n) is 7.18. The van der Waals surface area contributed by atoms with Crippen molar-refractivity contribution in [3.63, 3.8) is 0 Å². The molecule has 0 unspecified atom stereocenters. The van der Waals surface area contributed by atoms with Crippen molar-refractivity contribution < 1.29 is 5.11 Å². The molecule has 0 atom stereocenters. The second-order valence-corrected chi connectivity index (χ2v) is 2.77. The van der Waals surface area contributed by atoms with Gasteiger partial charge in [0.25, 0.3) is 0 Å². The summed E-state index contributed by atoms with van der Waals surface area (Å²) in [5.41, 5.74) is 1.63. The second-order valence-electron chi connectivity index (χ2n) is 2.77. The zero-order valence-corrected chi connectivity index (χ0v) is 7.18. The third-order valence-electron chi connectivity index (χ3n) is 1.74. The maximum Gasteiger partial charge on any atom is 0.116 e. The van der Waals surface area contributed by atoms with Gasteiger partial charge in [-0.3, -0.25) is 0 Å². The van der Waals surface area contributed by atoms with Crippen molar-refractivity contribution in [2.75, 3.05) is 0 Å². The van der Waals surface area contributed by atoms with Crippen molar-refractivity contribution in [2.24, 2.45) is 7.05 Å². The summed E-state index contributed by atoms with van der Waals surface area (Å²) in [7, 11) is 1.76. The Bertz CT molecular complexity index is 422. The van der Waals surface area contributed by atoms with Crippen LogP contribution in [-0.2, 0) is 7.05 Å². The highest BCUT2D eigenvalue weighted by molar-refractivity contribution is 5.59. The minimum absolute atomic E-state index is 0.239. The maximum absolute atomic E-state index is 9.23. The Hall–Kier alpha value is -1.84. The van der Waals surface area contributed by atoms with E-state index >= 15 is 0 Å². The van der Waals surface area contributed by atoms with Crippen molar-refractivity contribution in [3.05, 3.63) is 30.5 Å². The van der Waals surface area contributed by atoms with E-state index in [0.717, 1.165) is 11.3 Å². The molecule has 2 aromatic rings. The van der Waals surface area contributed by atoms with Crippen LogP contribution in [0.15, 0.2) is 30.5 Å². The predicted molar refractivity (Wildman–Crippen MR) is 48.1 cm³/mol. The Morgan fingerprint density at radius 1 is 1.38 bits per heavy atom. The van der Waals surface area contributed by atoms with Gasteiger partial charge in [-0.2, -0.15) is 15.0 Å². The highest BCUT2D eigenvalue weighted by Gasteiger charge is 2.01. The van der Waals surface area contributed by atoms with Crippen LogP contribution in [0.4, 0.5) is 0 Å². The maximum atomic E-state index is 9.23. The Morgan fingerprint density at radius 3 is 2.85 bits per heavy atom. The van der Waals surface area contributed by atoms with Gasteiger partial charge in [-0.15, -0.1) is 0 Å². The summed E-state index contributed by atoms with van der Waals surface area (Å²) in [6.07, 6.45) is 1.66. The van der Waals surface area contributed by atoms with E-state index in [1.807, 2.05) is 6.07 Å². The average molecular weight is 175 g/mol. The monoisotopic (exact) mass is 175 g/mol. The van der Waals surface area contributed by atoms with Crippen molar-refractivity contribution in [3.8, 4) is 17.0 Å². The summed E-state index contributed by atoms with van der Waals surface area (Å²) in [6.45, 7) is 0. The molecule has 0 aliphatic heterocycles. The topological polar surface area (TPSA) is 50.9 Å². The van der Waals surface area contributed by atoms with E-state index in [1.165, 1.54) is 4.80 Å². The molecule has 0 amide bonds. The van der Waals surface area contributed by atoms with Crippen LogP contribution in [0, 0.1) is 0 Å². The third kappa shape index (κ3) is 1.51. The first-order chi connectivity index (χ1) is 6.25. The molecule has 0 saturated heterocycles. The van der Waals surface area contributed by atoms with Crippen molar-refractivity contribution in [2.45, 2.75) is 0 Å². The lowest BCUT2D eigenvalue weighted by Crippen LogP contribution is -1.91. The average Bonchev–Trinajstić information content (AvgIpc) is 2.52.